The van der Waals surface area contributed by atoms with E-state index in [1.807, 2.05) is 58.2 Å². The van der Waals surface area contributed by atoms with E-state index in [9.17, 15) is 24.3 Å². The standard InChI is InChI=1S/C48H69N7O11/c1-9-38-48(7)41(55(46(60)66-48)21-14-13-20-54-26-37(52-53-54)33-18-15-19-34(49)22-33)31(5)51-25-28(2)24-47(6,61-8)42(29(3)39(56)30(4)43(58)64-38)65-45-40(57)36(50)23-35(63-45)27-62-44(59)32-16-11-10-12-17-32/h10-12,15-19,22,26,28-31,35-36,38,40-42,45,51,57H,9,13-14,20-21,23-25,27,49-50H2,1-8H3/t28-,29-,30-,31-,35+,36+,38-,40-,41-,42+,45?,47-,48-/m1/s1. The van der Waals surface area contributed by atoms with Crippen molar-refractivity contribution >= 4 is 29.5 Å². The number of methoxy groups -OCH3 is 1. The highest BCUT2D eigenvalue weighted by Crippen LogP contribution is 2.40. The summed E-state index contributed by atoms with van der Waals surface area (Å²) in [7, 11) is 1.52. The molecule has 1 aromatic heterocycles. The van der Waals surface area contributed by atoms with Crippen molar-refractivity contribution in [1.82, 2.24) is 25.2 Å². The van der Waals surface area contributed by atoms with Crippen molar-refractivity contribution in [2.24, 2.45) is 23.5 Å². The quantitative estimate of drug-likeness (QED) is 0.0606. The number of aliphatic hydroxyl groups excluding tert-OH is 1. The zero-order valence-electron chi connectivity index (χ0n) is 39.5. The van der Waals surface area contributed by atoms with Crippen LogP contribution in [0.2, 0.25) is 0 Å². The van der Waals surface area contributed by atoms with Crippen LogP contribution in [0, 0.1) is 17.8 Å². The minimum Gasteiger partial charge on any atom is -0.459 e. The molecule has 3 aliphatic heterocycles. The molecule has 362 valence electrons. The van der Waals surface area contributed by atoms with Crippen LogP contribution in [0.5, 0.6) is 0 Å². The van der Waals surface area contributed by atoms with Crippen LogP contribution < -0.4 is 16.8 Å². The number of hydrogen-bond acceptors (Lipinski definition) is 16. The van der Waals surface area contributed by atoms with Gasteiger partial charge in [0.15, 0.2) is 17.7 Å². The molecule has 0 aliphatic carbocycles. The van der Waals surface area contributed by atoms with Gasteiger partial charge in [0.2, 0.25) is 0 Å². The van der Waals surface area contributed by atoms with E-state index in [0.717, 1.165) is 5.56 Å². The Hall–Kier alpha value is -4.98. The largest absolute Gasteiger partial charge is 0.459 e. The smallest absolute Gasteiger partial charge is 0.410 e. The minimum atomic E-state index is -1.34. The van der Waals surface area contributed by atoms with Gasteiger partial charge < -0.3 is 50.3 Å². The van der Waals surface area contributed by atoms with E-state index in [1.54, 1.807) is 53.8 Å². The van der Waals surface area contributed by atoms with Gasteiger partial charge in [-0.05, 0) is 96.5 Å². The van der Waals surface area contributed by atoms with Crippen LogP contribution in [-0.4, -0.2) is 136 Å². The number of aromatic nitrogens is 3. The summed E-state index contributed by atoms with van der Waals surface area (Å²) in [6, 6.07) is 14.3. The number of carbonyl (C=O) groups excluding carboxylic acids is 4. The Kier molecular flexibility index (Phi) is 16.6. The van der Waals surface area contributed by atoms with Crippen LogP contribution in [0.25, 0.3) is 11.3 Å². The van der Waals surface area contributed by atoms with Gasteiger partial charge in [-0.3, -0.25) is 19.2 Å². The van der Waals surface area contributed by atoms with Crippen molar-refractivity contribution in [2.75, 3.05) is 32.5 Å². The number of benzene rings is 2. The molecule has 0 radical (unpaired) electrons. The maximum Gasteiger partial charge on any atom is 0.410 e. The fourth-order valence-corrected chi connectivity index (χ4v) is 9.81. The van der Waals surface area contributed by atoms with E-state index >= 15 is 0 Å². The first kappa shape index (κ1) is 50.4. The number of nitrogens with zero attached hydrogens (tertiary/aromatic N) is 4. The van der Waals surface area contributed by atoms with Crippen molar-refractivity contribution in [1.29, 1.82) is 0 Å². The van der Waals surface area contributed by atoms with E-state index in [0.29, 0.717) is 62.3 Å². The van der Waals surface area contributed by atoms with Crippen molar-refractivity contribution in [3.05, 3.63) is 66.4 Å². The summed E-state index contributed by atoms with van der Waals surface area (Å²) in [5.74, 6) is -4.17. The molecule has 3 aromatic rings. The lowest BCUT2D eigenvalue weighted by atomic mass is 9.78. The number of ether oxygens (including phenoxy) is 6. The number of aliphatic hydroxyl groups is 1. The molecule has 18 nitrogen and oxygen atoms in total. The van der Waals surface area contributed by atoms with Crippen molar-refractivity contribution in [3.8, 4) is 11.3 Å². The van der Waals surface area contributed by atoms with Gasteiger partial charge in [-0.2, -0.15) is 0 Å². The van der Waals surface area contributed by atoms with Crippen LogP contribution in [0.4, 0.5) is 10.5 Å². The molecule has 4 heterocycles. The molecular formula is C48H69N7O11. The fraction of sp³-hybridized carbons (Fsp3) is 0.625. The van der Waals surface area contributed by atoms with Crippen molar-refractivity contribution in [3.63, 3.8) is 0 Å². The number of unbranched alkanes of at least 4 members (excludes halogenated alkanes) is 1. The molecule has 6 rings (SSSR count). The van der Waals surface area contributed by atoms with Crippen LogP contribution in [0.1, 0.15) is 90.9 Å². The fourth-order valence-electron chi connectivity index (χ4n) is 9.81. The zero-order valence-corrected chi connectivity index (χ0v) is 39.5. The molecule has 3 fully saturated rings. The van der Waals surface area contributed by atoms with Gasteiger partial charge in [0, 0.05) is 49.5 Å². The summed E-state index contributed by atoms with van der Waals surface area (Å²) in [5.41, 5.74) is 12.5. The molecule has 66 heavy (non-hydrogen) atoms. The minimum absolute atomic E-state index is 0.101. The predicted octanol–water partition coefficient (Wildman–Crippen LogP) is 4.52. The Morgan fingerprint density at radius 1 is 1.03 bits per heavy atom. The second-order valence-electron chi connectivity index (χ2n) is 18.7. The SMILES string of the molecule is CC[C@H]1OC(=O)[C@H](C)C(=O)[C@@H](C)[C@H](OC2O[C@H](COC(=O)c3ccccc3)C[C@H](N)[C@H]2O)[C@](C)(OC)C[C@@H](C)CN[C@H](C)[C@H]2N(CCCCn3cc(-c4cccc(N)c4)nn3)C(=O)O[C@]12C. The number of aryl methyl sites for hydroxylation is 1. The third-order valence-corrected chi connectivity index (χ3v) is 13.5. The summed E-state index contributed by atoms with van der Waals surface area (Å²) >= 11 is 0. The highest BCUT2D eigenvalue weighted by molar-refractivity contribution is 6.00. The maximum absolute atomic E-state index is 14.5. The number of anilines is 1. The number of ketones is 1. The molecule has 6 N–H and O–H groups in total. The number of esters is 2. The Bertz CT molecular complexity index is 2130. The number of rotatable bonds is 13. The zero-order chi connectivity index (χ0) is 47.9. The highest BCUT2D eigenvalue weighted by Gasteiger charge is 2.58. The van der Waals surface area contributed by atoms with Crippen LogP contribution in [0.3, 0.4) is 0 Å². The third kappa shape index (κ3) is 11.4. The summed E-state index contributed by atoms with van der Waals surface area (Å²) < 4.78 is 38.8. The number of amides is 1. The summed E-state index contributed by atoms with van der Waals surface area (Å²) in [6.07, 6.45) is -1.86. The Morgan fingerprint density at radius 2 is 1.76 bits per heavy atom. The monoisotopic (exact) mass is 920 g/mol. The molecule has 13 atom stereocenters. The highest BCUT2D eigenvalue weighted by atomic mass is 16.7. The molecular weight excluding hydrogens is 851 g/mol. The molecule has 0 saturated carbocycles. The van der Waals surface area contributed by atoms with Gasteiger partial charge in [0.05, 0.1) is 35.6 Å². The molecule has 3 aliphatic rings. The van der Waals surface area contributed by atoms with Gasteiger partial charge in [-0.1, -0.05) is 56.3 Å². The maximum atomic E-state index is 14.5. The Balaban J connectivity index is 1.19. The number of nitrogens with two attached hydrogens (primary N) is 2. The molecule has 1 amide bonds. The summed E-state index contributed by atoms with van der Waals surface area (Å²) in [6.45, 7) is 13.9. The van der Waals surface area contributed by atoms with E-state index in [2.05, 4.69) is 15.6 Å². The number of hydrogen-bond donors (Lipinski definition) is 4. The Morgan fingerprint density at radius 3 is 2.45 bits per heavy atom. The first-order chi connectivity index (χ1) is 31.4. The van der Waals surface area contributed by atoms with Gasteiger partial charge in [-0.15, -0.1) is 5.10 Å². The molecule has 0 spiro atoms. The lowest BCUT2D eigenvalue weighted by Crippen LogP contribution is -2.61. The third-order valence-electron chi connectivity index (χ3n) is 13.5. The van der Waals surface area contributed by atoms with E-state index in [-0.39, 0.29) is 25.0 Å². The lowest BCUT2D eigenvalue weighted by molar-refractivity contribution is -0.293. The van der Waals surface area contributed by atoms with Crippen LogP contribution >= 0.6 is 0 Å². The van der Waals surface area contributed by atoms with Crippen molar-refractivity contribution in [2.45, 2.75) is 147 Å². The number of carbonyl (C=O) groups is 4. The summed E-state index contributed by atoms with van der Waals surface area (Å²) in [4.78, 5) is 57.0. The second kappa shape index (κ2) is 21.8. The average molecular weight is 920 g/mol. The van der Waals surface area contributed by atoms with Crippen molar-refractivity contribution < 1.29 is 52.7 Å². The Labute approximate surface area is 387 Å². The van der Waals surface area contributed by atoms with Gasteiger partial charge in [0.25, 0.3) is 0 Å². The predicted molar refractivity (Wildman–Crippen MR) is 244 cm³/mol. The number of cyclic esters (lactones) is 1. The first-order valence-corrected chi connectivity index (χ1v) is 23.1. The number of nitrogen functional groups attached to an aromatic ring is 1. The molecule has 2 aromatic carbocycles. The van der Waals surface area contributed by atoms with Gasteiger partial charge in [0.1, 0.15) is 30.4 Å². The molecule has 0 bridgehead atoms. The van der Waals surface area contributed by atoms with Gasteiger partial charge in [-0.25, -0.2) is 9.59 Å². The van der Waals surface area contributed by atoms with E-state index < -0.39 is 89.6 Å². The lowest BCUT2D eigenvalue weighted by Gasteiger charge is -2.45. The average Bonchev–Trinajstić information content (AvgIpc) is 3.88. The number of fused-ring (bicyclic) bond motifs is 1. The topological polar surface area (TPSA) is 242 Å². The normalized spacial score (nSPS) is 33.6. The van der Waals surface area contributed by atoms with E-state index in [1.165, 1.54) is 14.0 Å². The van der Waals surface area contributed by atoms with Crippen LogP contribution in [0.15, 0.2) is 60.8 Å². The molecule has 1 unspecified atom stereocenters. The first-order valence-electron chi connectivity index (χ1n) is 23.1. The van der Waals surface area contributed by atoms with Crippen LogP contribution in [-0.2, 0) is 44.6 Å². The summed E-state index contributed by atoms with van der Waals surface area (Å²) in [5, 5.41) is 23.6. The van der Waals surface area contributed by atoms with E-state index in [4.69, 9.17) is 39.9 Å². The molecule has 18 heteroatoms. The number of nitrogens with one attached hydrogen (secondary N) is 1. The molecule has 3 saturated heterocycles. The second-order valence-corrected chi connectivity index (χ2v) is 18.7. The van der Waals surface area contributed by atoms with Gasteiger partial charge >= 0.3 is 18.0 Å². The number of Topliss-reactive ketones (excluding diaryl/α,β-unsaturated/α-hetero) is 1.